The fraction of sp³-hybridized carbons (Fsp3) is 0. The summed E-state index contributed by atoms with van der Waals surface area (Å²) in [5.74, 6) is 0.737. The number of nitrogens with zero attached hydrogens (tertiary/aromatic N) is 1. The number of fused-ring (bicyclic) bond motifs is 1. The predicted octanol–water partition coefficient (Wildman–Crippen LogP) is 5.64. The molecule has 1 N–H and O–H groups in total. The van der Waals surface area contributed by atoms with E-state index in [0.29, 0.717) is 39.1 Å². The lowest BCUT2D eigenvalue weighted by atomic mass is 10.1. The lowest BCUT2D eigenvalue weighted by Gasteiger charge is -2.04. The number of hydrogen-bond acceptors (Lipinski definition) is 4. The van der Waals surface area contributed by atoms with E-state index in [1.165, 1.54) is 12.1 Å². The fourth-order valence-electron chi connectivity index (χ4n) is 2.49. The number of oxazole rings is 1. The molecule has 0 saturated heterocycles. The molecule has 0 radical (unpaired) electrons. The molecule has 0 aliphatic heterocycles. The summed E-state index contributed by atoms with van der Waals surface area (Å²) in [5, 5.41) is 9.61. The second kappa shape index (κ2) is 6.54. The first-order valence-corrected chi connectivity index (χ1v) is 8.14. The van der Waals surface area contributed by atoms with Crippen molar-refractivity contribution in [2.75, 3.05) is 0 Å². The lowest BCUT2D eigenvalue weighted by molar-refractivity contribution is 0.0697. The van der Waals surface area contributed by atoms with Crippen molar-refractivity contribution in [3.63, 3.8) is 0 Å². The highest BCUT2D eigenvalue weighted by Gasteiger charge is 2.11. The summed E-state index contributed by atoms with van der Waals surface area (Å²) < 4.78 is 11.5. The summed E-state index contributed by atoms with van der Waals surface area (Å²) in [5.41, 5.74) is 2.18. The maximum absolute atomic E-state index is 10.9. The molecule has 3 aromatic carbocycles. The number of halogens is 1. The third-order valence-electron chi connectivity index (χ3n) is 3.79. The first kappa shape index (κ1) is 16.2. The molecule has 1 heterocycles. The maximum atomic E-state index is 10.9. The second-order valence-corrected chi connectivity index (χ2v) is 6.02. The van der Waals surface area contributed by atoms with Gasteiger partial charge in [0.15, 0.2) is 5.58 Å². The van der Waals surface area contributed by atoms with Crippen LogP contribution in [0.15, 0.2) is 71.1 Å². The van der Waals surface area contributed by atoms with E-state index in [1.807, 2.05) is 0 Å². The minimum absolute atomic E-state index is 0.212. The van der Waals surface area contributed by atoms with E-state index in [1.54, 1.807) is 54.6 Å². The van der Waals surface area contributed by atoms with Gasteiger partial charge in [0.25, 0.3) is 0 Å². The molecule has 0 amide bonds. The van der Waals surface area contributed by atoms with Crippen LogP contribution in [0.3, 0.4) is 0 Å². The topological polar surface area (TPSA) is 72.6 Å². The Morgan fingerprint density at radius 1 is 0.962 bits per heavy atom. The SMILES string of the molecule is O=C(O)c1ccc(-c2nc3cc(Oc4ccc(Cl)cc4)ccc3o2)cc1. The number of ether oxygens (including phenoxy) is 1. The molecule has 6 heteroatoms. The van der Waals surface area contributed by atoms with E-state index in [9.17, 15) is 4.79 Å². The molecular weight excluding hydrogens is 354 g/mol. The summed E-state index contributed by atoms with van der Waals surface area (Å²) >= 11 is 5.87. The average Bonchev–Trinajstić information content (AvgIpc) is 3.07. The van der Waals surface area contributed by atoms with Crippen LogP contribution in [0.25, 0.3) is 22.6 Å². The van der Waals surface area contributed by atoms with Crippen LogP contribution in [-0.2, 0) is 0 Å². The molecule has 0 bridgehead atoms. The third kappa shape index (κ3) is 3.25. The molecule has 0 spiro atoms. The summed E-state index contributed by atoms with van der Waals surface area (Å²) in [6.07, 6.45) is 0. The molecule has 0 aliphatic rings. The van der Waals surface area contributed by atoms with Crippen LogP contribution in [0, 0.1) is 0 Å². The van der Waals surface area contributed by atoms with Gasteiger partial charge >= 0.3 is 5.97 Å². The van der Waals surface area contributed by atoms with Gasteiger partial charge in [-0.15, -0.1) is 0 Å². The predicted molar refractivity (Wildman–Crippen MR) is 97.9 cm³/mol. The van der Waals surface area contributed by atoms with E-state index in [4.69, 9.17) is 25.9 Å². The summed E-state index contributed by atoms with van der Waals surface area (Å²) in [6.45, 7) is 0. The Morgan fingerprint density at radius 2 is 1.65 bits per heavy atom. The molecule has 0 aliphatic carbocycles. The van der Waals surface area contributed by atoms with Crippen molar-refractivity contribution in [2.24, 2.45) is 0 Å². The molecule has 0 atom stereocenters. The molecule has 4 rings (SSSR count). The number of benzene rings is 3. The lowest BCUT2D eigenvalue weighted by Crippen LogP contribution is -1.94. The van der Waals surface area contributed by atoms with Crippen LogP contribution < -0.4 is 4.74 Å². The van der Waals surface area contributed by atoms with Crippen LogP contribution >= 0.6 is 11.6 Å². The van der Waals surface area contributed by atoms with Crippen molar-refractivity contribution in [2.45, 2.75) is 0 Å². The molecule has 26 heavy (non-hydrogen) atoms. The fourth-order valence-corrected chi connectivity index (χ4v) is 2.61. The number of rotatable bonds is 4. The van der Waals surface area contributed by atoms with E-state index in [2.05, 4.69) is 4.98 Å². The Kier molecular flexibility index (Phi) is 4.07. The van der Waals surface area contributed by atoms with Crippen LogP contribution in [0.2, 0.25) is 5.02 Å². The van der Waals surface area contributed by atoms with Crippen LogP contribution in [-0.4, -0.2) is 16.1 Å². The van der Waals surface area contributed by atoms with E-state index in [-0.39, 0.29) is 5.56 Å². The largest absolute Gasteiger partial charge is 0.478 e. The number of carboxylic acids is 1. The smallest absolute Gasteiger partial charge is 0.335 e. The van der Waals surface area contributed by atoms with Crippen LogP contribution in [0.1, 0.15) is 10.4 Å². The van der Waals surface area contributed by atoms with Crippen molar-refractivity contribution in [3.05, 3.63) is 77.3 Å². The number of carbonyl (C=O) groups is 1. The van der Waals surface area contributed by atoms with Crippen LogP contribution in [0.5, 0.6) is 11.5 Å². The van der Waals surface area contributed by atoms with Gasteiger partial charge in [-0.2, -0.15) is 0 Å². The van der Waals surface area contributed by atoms with Gasteiger partial charge in [0.2, 0.25) is 5.89 Å². The Morgan fingerprint density at radius 3 is 2.35 bits per heavy atom. The van der Waals surface area contributed by atoms with Gasteiger partial charge in [0.1, 0.15) is 17.0 Å². The van der Waals surface area contributed by atoms with Gasteiger partial charge in [-0.05, 0) is 60.7 Å². The Balaban J connectivity index is 1.63. The molecule has 128 valence electrons. The highest BCUT2D eigenvalue weighted by Crippen LogP contribution is 2.29. The summed E-state index contributed by atoms with van der Waals surface area (Å²) in [7, 11) is 0. The minimum Gasteiger partial charge on any atom is -0.478 e. The quantitative estimate of drug-likeness (QED) is 0.506. The first-order chi connectivity index (χ1) is 12.6. The molecule has 1 aromatic heterocycles. The standard InChI is InChI=1S/C20H12ClNO4/c21-14-5-7-15(8-6-14)25-16-9-10-18-17(11-16)22-19(26-18)12-1-3-13(4-2-12)20(23)24/h1-11H,(H,23,24). The van der Waals surface area contributed by atoms with Crippen molar-refractivity contribution >= 4 is 28.7 Å². The number of aromatic nitrogens is 1. The maximum Gasteiger partial charge on any atom is 0.335 e. The zero-order valence-electron chi connectivity index (χ0n) is 13.3. The molecule has 5 nitrogen and oxygen atoms in total. The Bertz CT molecular complexity index is 1090. The normalized spacial score (nSPS) is 10.8. The van der Waals surface area contributed by atoms with Crippen molar-refractivity contribution in [3.8, 4) is 23.0 Å². The summed E-state index contributed by atoms with van der Waals surface area (Å²) in [4.78, 5) is 15.4. The monoisotopic (exact) mass is 365 g/mol. The number of hydrogen-bond donors (Lipinski definition) is 1. The van der Waals surface area contributed by atoms with E-state index < -0.39 is 5.97 Å². The second-order valence-electron chi connectivity index (χ2n) is 5.59. The Labute approximate surface area is 153 Å². The van der Waals surface area contributed by atoms with Crippen molar-refractivity contribution in [1.82, 2.24) is 4.98 Å². The summed E-state index contributed by atoms with van der Waals surface area (Å²) in [6, 6.07) is 18.8. The zero-order valence-corrected chi connectivity index (χ0v) is 14.1. The third-order valence-corrected chi connectivity index (χ3v) is 4.04. The number of aromatic carboxylic acids is 1. The van der Waals surface area contributed by atoms with Gasteiger partial charge < -0.3 is 14.3 Å². The first-order valence-electron chi connectivity index (χ1n) is 7.76. The average molecular weight is 366 g/mol. The highest BCUT2D eigenvalue weighted by atomic mass is 35.5. The van der Waals surface area contributed by atoms with Crippen LogP contribution in [0.4, 0.5) is 0 Å². The van der Waals surface area contributed by atoms with Gasteiger partial charge in [-0.3, -0.25) is 0 Å². The van der Waals surface area contributed by atoms with E-state index >= 15 is 0 Å². The van der Waals surface area contributed by atoms with Gasteiger partial charge in [-0.25, -0.2) is 9.78 Å². The molecule has 4 aromatic rings. The molecule has 0 unspecified atom stereocenters. The molecular formula is C20H12ClNO4. The minimum atomic E-state index is -0.974. The van der Waals surface area contributed by atoms with Gasteiger partial charge in [-0.1, -0.05) is 11.6 Å². The molecule has 0 saturated carbocycles. The van der Waals surface area contributed by atoms with Gasteiger partial charge in [0, 0.05) is 16.7 Å². The molecule has 0 fully saturated rings. The van der Waals surface area contributed by atoms with Crippen molar-refractivity contribution in [1.29, 1.82) is 0 Å². The Hall–Kier alpha value is -3.31. The van der Waals surface area contributed by atoms with Crippen molar-refractivity contribution < 1.29 is 19.1 Å². The number of carboxylic acid groups (broad SMARTS) is 1. The zero-order chi connectivity index (χ0) is 18.1. The highest BCUT2D eigenvalue weighted by molar-refractivity contribution is 6.30. The van der Waals surface area contributed by atoms with E-state index in [0.717, 1.165) is 0 Å². The van der Waals surface area contributed by atoms with Gasteiger partial charge in [0.05, 0.1) is 5.56 Å².